The highest BCUT2D eigenvalue weighted by molar-refractivity contribution is 5.70. The summed E-state index contributed by atoms with van der Waals surface area (Å²) in [5, 5.41) is 0. The second-order valence-electron chi connectivity index (χ2n) is 3.79. The molecule has 3 nitrogen and oxygen atoms in total. The van der Waals surface area contributed by atoms with Gasteiger partial charge in [0.1, 0.15) is 0 Å². The monoisotopic (exact) mass is 205 g/mol. The summed E-state index contributed by atoms with van der Waals surface area (Å²) in [5.41, 5.74) is 2.37. The number of fused-ring (bicyclic) bond motifs is 1. The summed E-state index contributed by atoms with van der Waals surface area (Å²) in [4.78, 5) is 15.7. The van der Waals surface area contributed by atoms with Gasteiger partial charge in [0.2, 0.25) is 0 Å². The van der Waals surface area contributed by atoms with Crippen molar-refractivity contribution in [2.75, 3.05) is 6.61 Å². The molecule has 0 saturated carbocycles. The number of ether oxygens (including phenoxy) is 1. The van der Waals surface area contributed by atoms with Crippen molar-refractivity contribution in [3.63, 3.8) is 0 Å². The maximum Gasteiger partial charge on any atom is 0.306 e. The van der Waals surface area contributed by atoms with Crippen molar-refractivity contribution in [1.82, 2.24) is 4.98 Å². The molecule has 1 aliphatic carbocycles. The van der Waals surface area contributed by atoms with Crippen molar-refractivity contribution >= 4 is 5.97 Å². The molecule has 0 spiro atoms. The Bertz CT molecular complexity index is 362. The Balaban J connectivity index is 2.04. The lowest BCUT2D eigenvalue weighted by atomic mass is 10.0. The molecule has 3 heteroatoms. The number of carbonyl (C=O) groups is 1. The number of esters is 1. The van der Waals surface area contributed by atoms with Crippen LogP contribution in [0.5, 0.6) is 0 Å². The average Bonchev–Trinajstić information content (AvgIpc) is 2.62. The minimum Gasteiger partial charge on any atom is -0.466 e. The summed E-state index contributed by atoms with van der Waals surface area (Å²) < 4.78 is 4.95. The van der Waals surface area contributed by atoms with E-state index in [1.165, 1.54) is 5.56 Å². The lowest BCUT2D eigenvalue weighted by molar-refractivity contribution is -0.143. The maximum absolute atomic E-state index is 11.4. The van der Waals surface area contributed by atoms with Crippen LogP contribution in [0.3, 0.4) is 0 Å². The van der Waals surface area contributed by atoms with Crippen molar-refractivity contribution in [2.45, 2.75) is 32.1 Å². The highest BCUT2D eigenvalue weighted by Gasteiger charge is 2.25. The van der Waals surface area contributed by atoms with E-state index >= 15 is 0 Å². The van der Waals surface area contributed by atoms with E-state index < -0.39 is 0 Å². The van der Waals surface area contributed by atoms with Gasteiger partial charge in [0, 0.05) is 17.8 Å². The summed E-state index contributed by atoms with van der Waals surface area (Å²) >= 11 is 0. The number of hydrogen-bond donors (Lipinski definition) is 0. The highest BCUT2D eigenvalue weighted by Crippen LogP contribution is 2.33. The molecule has 0 aliphatic heterocycles. The molecule has 0 saturated heterocycles. The first-order chi connectivity index (χ1) is 7.31. The quantitative estimate of drug-likeness (QED) is 0.709. The van der Waals surface area contributed by atoms with E-state index in [9.17, 15) is 4.79 Å². The highest BCUT2D eigenvalue weighted by atomic mass is 16.5. The molecule has 0 fully saturated rings. The van der Waals surface area contributed by atoms with Crippen molar-refractivity contribution in [3.05, 3.63) is 29.6 Å². The summed E-state index contributed by atoms with van der Waals surface area (Å²) in [6, 6.07) is 4.04. The number of pyridine rings is 1. The third kappa shape index (κ3) is 2.17. The lowest BCUT2D eigenvalue weighted by Crippen LogP contribution is -2.09. The minimum atomic E-state index is -0.110. The number of aromatic nitrogens is 1. The fourth-order valence-corrected chi connectivity index (χ4v) is 2.12. The third-order valence-corrected chi connectivity index (χ3v) is 2.79. The first kappa shape index (κ1) is 10.1. The molecule has 1 heterocycles. The molecule has 1 aliphatic rings. The summed E-state index contributed by atoms with van der Waals surface area (Å²) in [5.74, 6) is 0.154. The number of hydrogen-bond acceptors (Lipinski definition) is 3. The Morgan fingerprint density at radius 2 is 2.53 bits per heavy atom. The Morgan fingerprint density at radius 3 is 3.33 bits per heavy atom. The molecule has 1 aromatic heterocycles. The molecule has 1 unspecified atom stereocenters. The largest absolute Gasteiger partial charge is 0.466 e. The van der Waals surface area contributed by atoms with E-state index in [1.807, 2.05) is 13.0 Å². The Hall–Kier alpha value is -1.38. The van der Waals surface area contributed by atoms with Gasteiger partial charge in [-0.05, 0) is 31.4 Å². The summed E-state index contributed by atoms with van der Waals surface area (Å²) in [6.07, 6.45) is 4.32. The van der Waals surface area contributed by atoms with E-state index in [0.29, 0.717) is 13.0 Å². The molecule has 1 aromatic rings. The molecule has 1 atom stereocenters. The van der Waals surface area contributed by atoms with Gasteiger partial charge in [0.25, 0.3) is 0 Å². The molecular weight excluding hydrogens is 190 g/mol. The van der Waals surface area contributed by atoms with Gasteiger partial charge in [-0.2, -0.15) is 0 Å². The predicted octanol–water partition coefficient (Wildman–Crippen LogP) is 2.06. The minimum absolute atomic E-state index is 0.110. The molecule has 2 rings (SSSR count). The zero-order chi connectivity index (χ0) is 10.7. The van der Waals surface area contributed by atoms with Crippen LogP contribution in [0.4, 0.5) is 0 Å². The van der Waals surface area contributed by atoms with Crippen LogP contribution in [0.25, 0.3) is 0 Å². The average molecular weight is 205 g/mol. The second kappa shape index (κ2) is 4.43. The van der Waals surface area contributed by atoms with Crippen molar-refractivity contribution in [1.29, 1.82) is 0 Å². The van der Waals surface area contributed by atoms with E-state index in [0.717, 1.165) is 18.5 Å². The van der Waals surface area contributed by atoms with Crippen molar-refractivity contribution in [3.8, 4) is 0 Å². The first-order valence-electron chi connectivity index (χ1n) is 5.40. The van der Waals surface area contributed by atoms with Crippen LogP contribution in [0.15, 0.2) is 18.3 Å². The Morgan fingerprint density at radius 1 is 1.67 bits per heavy atom. The Labute approximate surface area is 89.5 Å². The summed E-state index contributed by atoms with van der Waals surface area (Å²) in [7, 11) is 0. The predicted molar refractivity (Wildman–Crippen MR) is 56.5 cm³/mol. The molecular formula is C12H15NO2. The van der Waals surface area contributed by atoms with Gasteiger partial charge < -0.3 is 4.74 Å². The smallest absolute Gasteiger partial charge is 0.306 e. The van der Waals surface area contributed by atoms with Gasteiger partial charge in [-0.25, -0.2) is 0 Å². The van der Waals surface area contributed by atoms with Crippen LogP contribution in [-0.4, -0.2) is 17.6 Å². The number of nitrogens with zero attached hydrogens (tertiary/aromatic N) is 1. The van der Waals surface area contributed by atoms with Gasteiger partial charge in [0.05, 0.1) is 13.0 Å². The molecule has 80 valence electrons. The van der Waals surface area contributed by atoms with E-state index in [1.54, 1.807) is 6.20 Å². The number of carbonyl (C=O) groups excluding carboxylic acids is 1. The van der Waals surface area contributed by atoms with Gasteiger partial charge >= 0.3 is 5.97 Å². The van der Waals surface area contributed by atoms with Crippen molar-refractivity contribution in [2.24, 2.45) is 0 Å². The van der Waals surface area contributed by atoms with Crippen LogP contribution < -0.4 is 0 Å². The topological polar surface area (TPSA) is 39.2 Å². The SMILES string of the molecule is CCOC(=O)CC1CCc2cccnc21. The molecule has 0 aromatic carbocycles. The van der Waals surface area contributed by atoms with Crippen LogP contribution in [0.1, 0.15) is 36.9 Å². The Kier molecular flexibility index (Phi) is 2.99. The molecule has 0 amide bonds. The first-order valence-corrected chi connectivity index (χ1v) is 5.40. The standard InChI is InChI=1S/C12H15NO2/c1-2-15-11(14)8-10-6-5-9-4-3-7-13-12(9)10/h3-4,7,10H,2,5-6,8H2,1H3. The van der Waals surface area contributed by atoms with Crippen LogP contribution in [0, 0.1) is 0 Å². The zero-order valence-corrected chi connectivity index (χ0v) is 8.90. The number of aryl methyl sites for hydroxylation is 1. The molecule has 0 N–H and O–H groups in total. The van der Waals surface area contributed by atoms with Crippen LogP contribution in [-0.2, 0) is 16.0 Å². The van der Waals surface area contributed by atoms with Gasteiger partial charge in [0.15, 0.2) is 0 Å². The van der Waals surface area contributed by atoms with E-state index in [4.69, 9.17) is 4.74 Å². The number of rotatable bonds is 3. The zero-order valence-electron chi connectivity index (χ0n) is 8.90. The van der Waals surface area contributed by atoms with Gasteiger partial charge in [-0.15, -0.1) is 0 Å². The fourth-order valence-electron chi connectivity index (χ4n) is 2.12. The van der Waals surface area contributed by atoms with E-state index in [2.05, 4.69) is 11.1 Å². The molecule has 0 bridgehead atoms. The lowest BCUT2D eigenvalue weighted by Gasteiger charge is -2.09. The third-order valence-electron chi connectivity index (χ3n) is 2.79. The van der Waals surface area contributed by atoms with E-state index in [-0.39, 0.29) is 11.9 Å². The van der Waals surface area contributed by atoms with Crippen LogP contribution >= 0.6 is 0 Å². The normalized spacial score (nSPS) is 18.6. The second-order valence-corrected chi connectivity index (χ2v) is 3.79. The summed E-state index contributed by atoms with van der Waals surface area (Å²) in [6.45, 7) is 2.29. The maximum atomic E-state index is 11.4. The van der Waals surface area contributed by atoms with Crippen LogP contribution in [0.2, 0.25) is 0 Å². The fraction of sp³-hybridized carbons (Fsp3) is 0.500. The van der Waals surface area contributed by atoms with Crippen molar-refractivity contribution < 1.29 is 9.53 Å². The molecule has 15 heavy (non-hydrogen) atoms. The molecule has 0 radical (unpaired) electrons. The van der Waals surface area contributed by atoms with Gasteiger partial charge in [-0.3, -0.25) is 9.78 Å². The van der Waals surface area contributed by atoms with Gasteiger partial charge in [-0.1, -0.05) is 6.07 Å².